The monoisotopic (exact) mass is 152 g/mol. The Morgan fingerprint density at radius 2 is 2.18 bits per heavy atom. The number of nitrogens with one attached hydrogen (secondary N) is 1. The third-order valence-electron chi connectivity index (χ3n) is 1.35. The first kappa shape index (κ1) is 9.98. The number of likely N-dealkylation sites (N-methyl/N-ethyl adjacent to an activating group) is 1. The average molecular weight is 152 g/mol. The molecular weight excluding hydrogens is 136 g/mol. The third-order valence-corrected chi connectivity index (χ3v) is 1.35. The van der Waals surface area contributed by atoms with E-state index in [1.807, 2.05) is 44.3 Å². The van der Waals surface area contributed by atoms with E-state index in [0.717, 1.165) is 5.70 Å². The summed E-state index contributed by atoms with van der Waals surface area (Å²) in [6.45, 7) is 5.62. The minimum atomic E-state index is 1.09. The zero-order chi connectivity index (χ0) is 8.69. The second-order valence-electron chi connectivity index (χ2n) is 2.11. The van der Waals surface area contributed by atoms with E-state index in [4.69, 9.17) is 0 Å². The van der Waals surface area contributed by atoms with Gasteiger partial charge in [-0.3, -0.25) is 0 Å². The SMILES string of the molecule is C=C/C=C(\C=C/C)N(C)NC. The summed E-state index contributed by atoms with van der Waals surface area (Å²) in [6, 6.07) is 0. The van der Waals surface area contributed by atoms with Crippen molar-refractivity contribution < 1.29 is 0 Å². The summed E-state index contributed by atoms with van der Waals surface area (Å²) in [5.41, 5.74) is 4.09. The van der Waals surface area contributed by atoms with E-state index in [9.17, 15) is 0 Å². The van der Waals surface area contributed by atoms with E-state index in [-0.39, 0.29) is 0 Å². The smallest absolute Gasteiger partial charge is 0.0512 e. The molecule has 11 heavy (non-hydrogen) atoms. The van der Waals surface area contributed by atoms with Crippen molar-refractivity contribution in [1.29, 1.82) is 0 Å². The van der Waals surface area contributed by atoms with Crippen molar-refractivity contribution in [3.05, 3.63) is 36.6 Å². The molecule has 0 aromatic heterocycles. The zero-order valence-corrected chi connectivity index (χ0v) is 7.46. The highest BCUT2D eigenvalue weighted by molar-refractivity contribution is 5.20. The summed E-state index contributed by atoms with van der Waals surface area (Å²) in [6.07, 6.45) is 7.71. The number of hydrazine groups is 1. The van der Waals surface area contributed by atoms with E-state index >= 15 is 0 Å². The first-order chi connectivity index (χ1) is 5.26. The Labute approximate surface area is 68.9 Å². The number of rotatable bonds is 4. The molecule has 2 nitrogen and oxygen atoms in total. The molecule has 0 amide bonds. The van der Waals surface area contributed by atoms with Crippen molar-refractivity contribution in [1.82, 2.24) is 10.4 Å². The molecule has 1 N–H and O–H groups in total. The fraction of sp³-hybridized carbons (Fsp3) is 0.333. The quantitative estimate of drug-likeness (QED) is 0.487. The molecular formula is C9H16N2. The summed E-state index contributed by atoms with van der Waals surface area (Å²) in [4.78, 5) is 0. The van der Waals surface area contributed by atoms with Crippen LogP contribution in [0, 0.1) is 0 Å². The third kappa shape index (κ3) is 3.63. The van der Waals surface area contributed by atoms with Crippen LogP contribution >= 0.6 is 0 Å². The number of allylic oxidation sites excluding steroid dienone is 4. The molecule has 0 aliphatic carbocycles. The molecule has 0 aliphatic rings. The Bertz CT molecular complexity index is 168. The second-order valence-corrected chi connectivity index (χ2v) is 2.11. The van der Waals surface area contributed by atoms with E-state index in [2.05, 4.69) is 12.0 Å². The first-order valence-corrected chi connectivity index (χ1v) is 3.62. The topological polar surface area (TPSA) is 15.3 Å². The van der Waals surface area contributed by atoms with Crippen LogP contribution in [0.4, 0.5) is 0 Å². The van der Waals surface area contributed by atoms with Crippen molar-refractivity contribution in [2.75, 3.05) is 14.1 Å². The predicted octanol–water partition coefficient (Wildman–Crippen LogP) is 1.70. The molecule has 0 spiro atoms. The first-order valence-electron chi connectivity index (χ1n) is 3.62. The maximum Gasteiger partial charge on any atom is 0.0512 e. The van der Waals surface area contributed by atoms with Crippen LogP contribution in [0.25, 0.3) is 0 Å². The van der Waals surface area contributed by atoms with E-state index in [0.29, 0.717) is 0 Å². The van der Waals surface area contributed by atoms with Crippen LogP contribution in [0.15, 0.2) is 36.6 Å². The molecule has 0 saturated carbocycles. The molecule has 0 heterocycles. The Morgan fingerprint density at radius 1 is 1.55 bits per heavy atom. The van der Waals surface area contributed by atoms with Crippen molar-refractivity contribution in [2.45, 2.75) is 6.92 Å². The van der Waals surface area contributed by atoms with Gasteiger partial charge >= 0.3 is 0 Å². The van der Waals surface area contributed by atoms with Gasteiger partial charge in [0, 0.05) is 14.1 Å². The van der Waals surface area contributed by atoms with Gasteiger partial charge in [0.2, 0.25) is 0 Å². The Hall–Kier alpha value is -1.02. The standard InChI is InChI=1S/C9H16N2/c1-5-7-9(8-6-2)11(4)10-3/h5-8,10H,1H2,2-4H3/b8-6-,9-7+. The summed E-state index contributed by atoms with van der Waals surface area (Å²) < 4.78 is 0. The Kier molecular flexibility index (Phi) is 5.21. The molecule has 0 bridgehead atoms. The van der Waals surface area contributed by atoms with Gasteiger partial charge < -0.3 is 5.01 Å². The molecule has 0 fully saturated rings. The summed E-state index contributed by atoms with van der Waals surface area (Å²) >= 11 is 0. The van der Waals surface area contributed by atoms with Gasteiger partial charge in [-0.15, -0.1) is 0 Å². The molecule has 0 atom stereocenters. The van der Waals surface area contributed by atoms with E-state index in [1.54, 1.807) is 6.08 Å². The molecule has 62 valence electrons. The fourth-order valence-electron chi connectivity index (χ4n) is 0.700. The second kappa shape index (κ2) is 5.74. The molecule has 0 aliphatic heterocycles. The van der Waals surface area contributed by atoms with Crippen molar-refractivity contribution >= 4 is 0 Å². The lowest BCUT2D eigenvalue weighted by Crippen LogP contribution is -2.29. The largest absolute Gasteiger partial charge is 0.312 e. The van der Waals surface area contributed by atoms with Crippen molar-refractivity contribution in [3.63, 3.8) is 0 Å². The molecule has 0 rings (SSSR count). The number of hydrogen-bond acceptors (Lipinski definition) is 2. The highest BCUT2D eigenvalue weighted by atomic mass is 15.5. The predicted molar refractivity (Wildman–Crippen MR) is 49.9 cm³/mol. The molecule has 0 aromatic carbocycles. The number of nitrogens with zero attached hydrogens (tertiary/aromatic N) is 1. The van der Waals surface area contributed by atoms with Gasteiger partial charge in [-0.25, -0.2) is 5.43 Å². The van der Waals surface area contributed by atoms with Crippen LogP contribution < -0.4 is 5.43 Å². The minimum Gasteiger partial charge on any atom is -0.312 e. The van der Waals surface area contributed by atoms with Gasteiger partial charge in [0.25, 0.3) is 0 Å². The molecule has 0 unspecified atom stereocenters. The van der Waals surface area contributed by atoms with Gasteiger partial charge in [0.15, 0.2) is 0 Å². The van der Waals surface area contributed by atoms with E-state index in [1.165, 1.54) is 0 Å². The van der Waals surface area contributed by atoms with Gasteiger partial charge in [0.1, 0.15) is 0 Å². The van der Waals surface area contributed by atoms with Crippen LogP contribution in [-0.2, 0) is 0 Å². The van der Waals surface area contributed by atoms with Crippen molar-refractivity contribution in [3.8, 4) is 0 Å². The van der Waals surface area contributed by atoms with Crippen LogP contribution in [0.1, 0.15) is 6.92 Å². The lowest BCUT2D eigenvalue weighted by molar-refractivity contribution is 0.343. The molecule has 0 saturated heterocycles. The summed E-state index contributed by atoms with van der Waals surface area (Å²) in [7, 11) is 3.83. The van der Waals surface area contributed by atoms with Gasteiger partial charge in [-0.05, 0) is 19.1 Å². The summed E-state index contributed by atoms with van der Waals surface area (Å²) in [5, 5.41) is 1.92. The van der Waals surface area contributed by atoms with Gasteiger partial charge in [-0.1, -0.05) is 18.7 Å². The maximum absolute atomic E-state index is 3.63. The highest BCUT2D eigenvalue weighted by Crippen LogP contribution is 1.99. The van der Waals surface area contributed by atoms with Crippen LogP contribution in [-0.4, -0.2) is 19.1 Å². The van der Waals surface area contributed by atoms with Gasteiger partial charge in [0.05, 0.1) is 5.70 Å². The number of hydrogen-bond donors (Lipinski definition) is 1. The molecule has 0 aromatic rings. The normalized spacial score (nSPS) is 12.1. The van der Waals surface area contributed by atoms with Crippen molar-refractivity contribution in [2.24, 2.45) is 0 Å². The van der Waals surface area contributed by atoms with Crippen LogP contribution in [0.5, 0.6) is 0 Å². The molecule has 0 radical (unpaired) electrons. The van der Waals surface area contributed by atoms with Gasteiger partial charge in [-0.2, -0.15) is 0 Å². The van der Waals surface area contributed by atoms with Crippen LogP contribution in [0.2, 0.25) is 0 Å². The van der Waals surface area contributed by atoms with E-state index < -0.39 is 0 Å². The summed E-state index contributed by atoms with van der Waals surface area (Å²) in [5.74, 6) is 0. The average Bonchev–Trinajstić information content (AvgIpc) is 2.03. The highest BCUT2D eigenvalue weighted by Gasteiger charge is 1.93. The Balaban J connectivity index is 4.32. The zero-order valence-electron chi connectivity index (χ0n) is 7.46. The lowest BCUT2D eigenvalue weighted by Gasteiger charge is -2.17. The molecule has 2 heteroatoms. The Morgan fingerprint density at radius 3 is 2.55 bits per heavy atom. The van der Waals surface area contributed by atoms with Crippen LogP contribution in [0.3, 0.4) is 0 Å². The fourth-order valence-corrected chi connectivity index (χ4v) is 0.700. The lowest BCUT2D eigenvalue weighted by atomic mass is 10.3. The maximum atomic E-state index is 3.63. The minimum absolute atomic E-state index is 1.09.